The summed E-state index contributed by atoms with van der Waals surface area (Å²) in [5.41, 5.74) is 0.590. The fourth-order valence-electron chi connectivity index (χ4n) is 2.25. The van der Waals surface area contributed by atoms with Crippen LogP contribution in [-0.4, -0.2) is 26.0 Å². The van der Waals surface area contributed by atoms with Crippen LogP contribution in [0.4, 0.5) is 0 Å². The molecule has 130 valence electrons. The Balaban J connectivity index is 1.83. The van der Waals surface area contributed by atoms with E-state index >= 15 is 0 Å². The molecule has 3 rings (SSSR count). The van der Waals surface area contributed by atoms with E-state index in [-0.39, 0.29) is 17.0 Å². The van der Waals surface area contributed by atoms with Crippen molar-refractivity contribution in [1.82, 2.24) is 25.4 Å². The number of para-hydroxylation sites is 2. The number of carbonyl (C=O) groups excluding carboxylic acids is 1. The number of nitrogens with zero attached hydrogens (tertiary/aromatic N) is 4. The summed E-state index contributed by atoms with van der Waals surface area (Å²) in [6, 6.07) is 7.40. The third-order valence-corrected chi connectivity index (χ3v) is 3.73. The minimum atomic E-state index is -0.808. The molecule has 0 aliphatic carbocycles. The normalized spacial score (nSPS) is 12.4. The van der Waals surface area contributed by atoms with Crippen LogP contribution in [0.25, 0.3) is 11.0 Å². The van der Waals surface area contributed by atoms with Crippen LogP contribution in [0.15, 0.2) is 35.0 Å². The van der Waals surface area contributed by atoms with Gasteiger partial charge < -0.3 is 9.84 Å². The van der Waals surface area contributed by atoms with E-state index in [0.29, 0.717) is 17.2 Å². The van der Waals surface area contributed by atoms with Gasteiger partial charge in [0.1, 0.15) is 5.69 Å². The van der Waals surface area contributed by atoms with Gasteiger partial charge in [-0.05, 0) is 26.0 Å². The van der Waals surface area contributed by atoms with Crippen LogP contribution in [0.2, 0.25) is 0 Å². The largest absolute Gasteiger partial charge is 0.339 e. The first kappa shape index (κ1) is 17.0. The number of nitrogens with one attached hydrogen (secondary N) is 1. The molecule has 0 unspecified atom stereocenters. The summed E-state index contributed by atoms with van der Waals surface area (Å²) in [6.07, 6.45) is 1.46. The highest BCUT2D eigenvalue weighted by atomic mass is 16.5. The van der Waals surface area contributed by atoms with Crippen molar-refractivity contribution in [2.45, 2.75) is 45.6 Å². The van der Waals surface area contributed by atoms with Gasteiger partial charge in [-0.1, -0.05) is 38.1 Å². The molecule has 0 radical (unpaired) electrons. The Bertz CT molecular complexity index is 924. The molecule has 0 saturated heterocycles. The Kier molecular flexibility index (Phi) is 4.02. The van der Waals surface area contributed by atoms with Gasteiger partial charge in [0, 0.05) is 5.41 Å². The van der Waals surface area contributed by atoms with Gasteiger partial charge in [-0.2, -0.15) is 4.98 Å². The summed E-state index contributed by atoms with van der Waals surface area (Å²) >= 11 is 0. The fourth-order valence-corrected chi connectivity index (χ4v) is 2.25. The molecule has 0 fully saturated rings. The lowest BCUT2D eigenvalue weighted by atomic mass is 9.97. The van der Waals surface area contributed by atoms with Crippen molar-refractivity contribution in [2.75, 3.05) is 0 Å². The zero-order chi connectivity index (χ0) is 18.2. The Labute approximate surface area is 145 Å². The van der Waals surface area contributed by atoms with Crippen molar-refractivity contribution in [3.63, 3.8) is 0 Å². The summed E-state index contributed by atoms with van der Waals surface area (Å²) in [5, 5.41) is 6.91. The third kappa shape index (κ3) is 3.50. The maximum Gasteiger partial charge on any atom is 0.272 e. The number of hydrogen-bond donors (Lipinski definition) is 1. The van der Waals surface area contributed by atoms with Crippen molar-refractivity contribution >= 4 is 16.9 Å². The third-order valence-electron chi connectivity index (χ3n) is 3.73. The monoisotopic (exact) mass is 339 g/mol. The minimum absolute atomic E-state index is 0.242. The van der Waals surface area contributed by atoms with Crippen LogP contribution in [0.5, 0.6) is 0 Å². The second-order valence-corrected chi connectivity index (χ2v) is 7.50. The van der Waals surface area contributed by atoms with Crippen molar-refractivity contribution < 1.29 is 9.32 Å². The molecule has 25 heavy (non-hydrogen) atoms. The maximum atomic E-state index is 12.6. The number of fused-ring (bicyclic) bond motifs is 1. The first-order valence-corrected chi connectivity index (χ1v) is 8.06. The Morgan fingerprint density at radius 3 is 2.36 bits per heavy atom. The topological polar surface area (TPSA) is 93.8 Å². The number of benzene rings is 1. The van der Waals surface area contributed by atoms with Crippen LogP contribution in [0.1, 0.15) is 56.8 Å². The summed E-state index contributed by atoms with van der Waals surface area (Å²) in [4.78, 5) is 25.6. The van der Waals surface area contributed by atoms with Crippen LogP contribution in [0.3, 0.4) is 0 Å². The first-order chi connectivity index (χ1) is 11.7. The SMILES string of the molecule is CC(C)(C)c1nc(C(C)(C)NC(=O)c2cnc3ccccc3n2)no1. The van der Waals surface area contributed by atoms with Gasteiger partial charge in [0.25, 0.3) is 5.91 Å². The number of aromatic nitrogens is 4. The molecule has 1 N–H and O–H groups in total. The standard InChI is InChI=1S/C18H21N5O2/c1-17(2,3)16-21-15(23-25-16)18(4,5)22-14(24)13-10-19-11-8-6-7-9-12(11)20-13/h6-10H,1-5H3,(H,22,24). The van der Waals surface area contributed by atoms with Gasteiger partial charge in [-0.15, -0.1) is 0 Å². The lowest BCUT2D eigenvalue weighted by Crippen LogP contribution is -2.42. The molecule has 3 aromatic rings. The molecular weight excluding hydrogens is 318 g/mol. The van der Waals surface area contributed by atoms with Crippen molar-refractivity contribution in [1.29, 1.82) is 0 Å². The summed E-state index contributed by atoms with van der Waals surface area (Å²) in [7, 11) is 0. The van der Waals surface area contributed by atoms with E-state index in [1.165, 1.54) is 6.20 Å². The molecule has 7 heteroatoms. The van der Waals surface area contributed by atoms with E-state index in [1.807, 2.05) is 58.9 Å². The zero-order valence-electron chi connectivity index (χ0n) is 15.0. The first-order valence-electron chi connectivity index (χ1n) is 8.06. The molecule has 1 aromatic carbocycles. The maximum absolute atomic E-state index is 12.6. The van der Waals surface area contributed by atoms with Gasteiger partial charge in [-0.25, -0.2) is 4.98 Å². The predicted molar refractivity (Wildman–Crippen MR) is 93.0 cm³/mol. The molecule has 0 aliphatic heterocycles. The predicted octanol–water partition coefficient (Wildman–Crippen LogP) is 2.98. The molecule has 0 atom stereocenters. The zero-order valence-corrected chi connectivity index (χ0v) is 15.0. The quantitative estimate of drug-likeness (QED) is 0.788. The van der Waals surface area contributed by atoms with Crippen LogP contribution >= 0.6 is 0 Å². The number of hydrogen-bond acceptors (Lipinski definition) is 6. The van der Waals surface area contributed by atoms with Gasteiger partial charge in [0.15, 0.2) is 5.82 Å². The summed E-state index contributed by atoms with van der Waals surface area (Å²) in [6.45, 7) is 9.59. The smallest absolute Gasteiger partial charge is 0.272 e. The Morgan fingerprint density at radius 2 is 1.72 bits per heavy atom. The number of rotatable bonds is 3. The second-order valence-electron chi connectivity index (χ2n) is 7.50. The molecule has 0 saturated carbocycles. The van der Waals surface area contributed by atoms with E-state index in [9.17, 15) is 4.79 Å². The highest BCUT2D eigenvalue weighted by Crippen LogP contribution is 2.24. The minimum Gasteiger partial charge on any atom is -0.339 e. The van der Waals surface area contributed by atoms with Crippen molar-refractivity contribution in [2.24, 2.45) is 0 Å². The molecule has 0 spiro atoms. The Morgan fingerprint density at radius 1 is 1.04 bits per heavy atom. The second kappa shape index (κ2) is 5.91. The molecular formula is C18H21N5O2. The highest BCUT2D eigenvalue weighted by molar-refractivity contribution is 5.94. The molecule has 0 bridgehead atoms. The molecule has 2 heterocycles. The van der Waals surface area contributed by atoms with Gasteiger partial charge in [-0.3, -0.25) is 9.78 Å². The summed E-state index contributed by atoms with van der Waals surface area (Å²) in [5.74, 6) is 0.597. The van der Waals surface area contributed by atoms with Crippen molar-refractivity contribution in [3.05, 3.63) is 47.9 Å². The van der Waals surface area contributed by atoms with Crippen molar-refractivity contribution in [3.8, 4) is 0 Å². The summed E-state index contributed by atoms with van der Waals surface area (Å²) < 4.78 is 5.32. The highest BCUT2D eigenvalue weighted by Gasteiger charge is 2.32. The van der Waals surface area contributed by atoms with E-state index in [0.717, 1.165) is 5.52 Å². The lowest BCUT2D eigenvalue weighted by Gasteiger charge is -2.22. The molecule has 1 amide bonds. The van der Waals surface area contributed by atoms with E-state index in [4.69, 9.17) is 4.52 Å². The number of amides is 1. The van der Waals surface area contributed by atoms with Gasteiger partial charge >= 0.3 is 0 Å². The van der Waals surface area contributed by atoms with E-state index in [1.54, 1.807) is 0 Å². The molecule has 2 aromatic heterocycles. The fraction of sp³-hybridized carbons (Fsp3) is 0.389. The van der Waals surface area contributed by atoms with Gasteiger partial charge in [0.05, 0.1) is 22.8 Å². The molecule has 0 aliphatic rings. The number of carbonyl (C=O) groups is 1. The lowest BCUT2D eigenvalue weighted by molar-refractivity contribution is 0.0902. The van der Waals surface area contributed by atoms with Crippen LogP contribution < -0.4 is 5.32 Å². The Hall–Kier alpha value is -2.83. The molecule has 7 nitrogen and oxygen atoms in total. The van der Waals surface area contributed by atoms with Crippen LogP contribution in [0, 0.1) is 0 Å². The average molecular weight is 339 g/mol. The average Bonchev–Trinajstić information content (AvgIpc) is 3.05. The van der Waals surface area contributed by atoms with Crippen LogP contribution in [-0.2, 0) is 11.0 Å². The van der Waals surface area contributed by atoms with E-state index < -0.39 is 5.54 Å². The van der Waals surface area contributed by atoms with Gasteiger partial charge in [0.2, 0.25) is 5.89 Å². The van der Waals surface area contributed by atoms with E-state index in [2.05, 4.69) is 25.4 Å².